The first-order valence-corrected chi connectivity index (χ1v) is 11.1. The predicted molar refractivity (Wildman–Crippen MR) is 112 cm³/mol. The highest BCUT2D eigenvalue weighted by Crippen LogP contribution is 2.31. The second kappa shape index (κ2) is 8.71. The van der Waals surface area contributed by atoms with E-state index in [2.05, 4.69) is 21.9 Å². The number of rotatable bonds is 3. The van der Waals surface area contributed by atoms with Crippen LogP contribution in [-0.4, -0.2) is 23.0 Å². The Kier molecular flexibility index (Phi) is 6.04. The molecule has 0 atom stereocenters. The molecule has 0 spiro atoms. The van der Waals surface area contributed by atoms with Crippen molar-refractivity contribution in [3.8, 4) is 23.1 Å². The Morgan fingerprint density at radius 2 is 1.66 bits per heavy atom. The predicted octanol–water partition coefficient (Wildman–Crippen LogP) is 4.54. The van der Waals surface area contributed by atoms with Gasteiger partial charge in [0, 0.05) is 11.6 Å². The van der Waals surface area contributed by atoms with E-state index >= 15 is 0 Å². The highest BCUT2D eigenvalue weighted by atomic mass is 32.2. The molecule has 2 heterocycles. The molecule has 0 saturated carbocycles. The van der Waals surface area contributed by atoms with Crippen molar-refractivity contribution in [2.75, 3.05) is 0 Å². The fraction of sp³-hybridized carbons (Fsp3) is 0.0909. The highest BCUT2D eigenvalue weighted by Gasteiger charge is 2.30. The van der Waals surface area contributed by atoms with Gasteiger partial charge >= 0.3 is 6.18 Å². The number of nitrogens with two attached hydrogens (primary N) is 1. The van der Waals surface area contributed by atoms with Gasteiger partial charge in [-0.1, -0.05) is 18.1 Å². The van der Waals surface area contributed by atoms with Gasteiger partial charge in [-0.15, -0.1) is 0 Å². The fourth-order valence-electron chi connectivity index (χ4n) is 3.10. The Labute approximate surface area is 194 Å². The molecule has 0 saturated heterocycles. The zero-order valence-electron chi connectivity index (χ0n) is 17.2. The molecule has 0 radical (unpaired) electrons. The van der Waals surface area contributed by atoms with Gasteiger partial charge in [-0.3, -0.25) is 0 Å². The maximum absolute atomic E-state index is 14.2. The number of sulfonamides is 1. The van der Waals surface area contributed by atoms with E-state index in [1.165, 1.54) is 6.07 Å². The average molecular weight is 510 g/mol. The molecule has 4 aromatic rings. The van der Waals surface area contributed by atoms with Gasteiger partial charge in [0.2, 0.25) is 10.0 Å². The molecule has 6 nitrogen and oxygen atoms in total. The number of primary sulfonamides is 1. The molecule has 180 valence electrons. The lowest BCUT2D eigenvalue weighted by Crippen LogP contribution is -2.12. The van der Waals surface area contributed by atoms with E-state index in [0.717, 1.165) is 47.0 Å². The Morgan fingerprint density at radius 1 is 0.971 bits per heavy atom. The number of hydrogen-bond donors (Lipinski definition) is 1. The third-order valence-corrected chi connectivity index (χ3v) is 5.69. The molecule has 4 rings (SSSR count). The molecule has 2 aromatic carbocycles. The van der Waals surface area contributed by atoms with Gasteiger partial charge in [-0.05, 0) is 42.3 Å². The van der Waals surface area contributed by atoms with E-state index in [9.17, 15) is 34.8 Å². The normalized spacial score (nSPS) is 12.1. The number of nitrogens with zero attached hydrogens (tertiary/aromatic N) is 3. The number of aromatic nitrogens is 3. The van der Waals surface area contributed by atoms with Crippen LogP contribution in [0.4, 0.5) is 26.3 Å². The SMILES string of the molecule is NS(=O)(=O)c1ccc(C#Cc2cc3nc(-c4ccc(C(F)(F)F)cc4)cc(C(F)F)n3n2)c(F)c1. The lowest BCUT2D eigenvalue weighted by molar-refractivity contribution is -0.137. The third-order valence-electron chi connectivity index (χ3n) is 4.78. The minimum atomic E-state index is -4.55. The zero-order valence-corrected chi connectivity index (χ0v) is 18.0. The summed E-state index contributed by atoms with van der Waals surface area (Å²) in [6, 6.07) is 8.92. The van der Waals surface area contributed by atoms with Crippen molar-refractivity contribution in [1.82, 2.24) is 14.6 Å². The lowest BCUT2D eigenvalue weighted by Gasteiger charge is -2.09. The van der Waals surface area contributed by atoms with Crippen molar-refractivity contribution in [3.63, 3.8) is 0 Å². The van der Waals surface area contributed by atoms with E-state index < -0.39 is 44.6 Å². The molecular formula is C22H12F6N4O2S. The molecule has 35 heavy (non-hydrogen) atoms. The second-order valence-electron chi connectivity index (χ2n) is 7.18. The van der Waals surface area contributed by atoms with Crippen LogP contribution in [0.5, 0.6) is 0 Å². The highest BCUT2D eigenvalue weighted by molar-refractivity contribution is 7.89. The lowest BCUT2D eigenvalue weighted by atomic mass is 10.1. The molecule has 0 fully saturated rings. The van der Waals surface area contributed by atoms with E-state index in [1.807, 2.05) is 0 Å². The summed E-state index contributed by atoms with van der Waals surface area (Å²) < 4.78 is 103. The van der Waals surface area contributed by atoms with Gasteiger partial charge in [-0.25, -0.2) is 36.2 Å². The van der Waals surface area contributed by atoms with Crippen LogP contribution in [-0.2, 0) is 16.2 Å². The summed E-state index contributed by atoms with van der Waals surface area (Å²) in [4.78, 5) is 3.73. The average Bonchev–Trinajstić information content (AvgIpc) is 3.19. The number of fused-ring (bicyclic) bond motifs is 1. The summed E-state index contributed by atoms with van der Waals surface area (Å²) in [5, 5.41) is 8.87. The molecular weight excluding hydrogens is 498 g/mol. The van der Waals surface area contributed by atoms with Gasteiger partial charge in [-0.2, -0.15) is 18.3 Å². The van der Waals surface area contributed by atoms with Gasteiger partial charge < -0.3 is 0 Å². The first kappa shape index (κ1) is 24.2. The van der Waals surface area contributed by atoms with Crippen molar-refractivity contribution in [2.45, 2.75) is 17.5 Å². The zero-order chi connectivity index (χ0) is 25.5. The number of benzene rings is 2. The number of alkyl halides is 5. The summed E-state index contributed by atoms with van der Waals surface area (Å²) in [6.45, 7) is 0. The minimum Gasteiger partial charge on any atom is -0.228 e. The van der Waals surface area contributed by atoms with E-state index in [1.54, 1.807) is 0 Å². The molecule has 0 amide bonds. The van der Waals surface area contributed by atoms with Gasteiger partial charge in [0.15, 0.2) is 5.65 Å². The first-order chi connectivity index (χ1) is 16.3. The van der Waals surface area contributed by atoms with E-state index in [4.69, 9.17) is 5.14 Å². The molecule has 0 unspecified atom stereocenters. The van der Waals surface area contributed by atoms with E-state index in [-0.39, 0.29) is 28.2 Å². The molecule has 13 heteroatoms. The fourth-order valence-corrected chi connectivity index (χ4v) is 3.62. The quantitative estimate of drug-likeness (QED) is 0.324. The maximum atomic E-state index is 14.2. The largest absolute Gasteiger partial charge is 0.416 e. The molecule has 2 N–H and O–H groups in total. The first-order valence-electron chi connectivity index (χ1n) is 9.54. The van der Waals surface area contributed by atoms with Gasteiger partial charge in [0.05, 0.1) is 21.7 Å². The Hall–Kier alpha value is -3.89. The van der Waals surface area contributed by atoms with Gasteiger partial charge in [0.1, 0.15) is 17.2 Å². The second-order valence-corrected chi connectivity index (χ2v) is 8.74. The van der Waals surface area contributed by atoms with Crippen LogP contribution < -0.4 is 5.14 Å². The van der Waals surface area contributed by atoms with Crippen LogP contribution in [0.1, 0.15) is 28.9 Å². The van der Waals surface area contributed by atoms with Crippen LogP contribution in [0, 0.1) is 17.7 Å². The molecule has 0 aliphatic rings. The standard InChI is InChI=1S/C22H12F6N4O2S/c23-17-10-16(35(29,33)34)8-4-12(17)3-7-15-9-20-30-18(11-19(21(24)25)32(20)31-15)13-1-5-14(6-2-13)22(26,27)28/h1-2,4-6,8-11,21H,(H2,29,33,34). The van der Waals surface area contributed by atoms with Crippen molar-refractivity contribution in [3.05, 3.63) is 82.9 Å². The number of halogens is 6. The van der Waals surface area contributed by atoms with Crippen LogP contribution in [0.2, 0.25) is 0 Å². The summed E-state index contributed by atoms with van der Waals surface area (Å²) in [6.07, 6.45) is -7.56. The topological polar surface area (TPSA) is 90.4 Å². The molecule has 0 aliphatic carbocycles. The Balaban J connectivity index is 1.74. The van der Waals surface area contributed by atoms with Crippen LogP contribution in [0.15, 0.2) is 59.5 Å². The van der Waals surface area contributed by atoms with Crippen molar-refractivity contribution in [1.29, 1.82) is 0 Å². The third kappa shape index (κ3) is 5.13. The summed E-state index contributed by atoms with van der Waals surface area (Å²) >= 11 is 0. The number of hydrogen-bond acceptors (Lipinski definition) is 4. The molecule has 0 aliphatic heterocycles. The summed E-state index contributed by atoms with van der Waals surface area (Å²) in [7, 11) is -4.12. The van der Waals surface area contributed by atoms with Crippen molar-refractivity contribution >= 4 is 15.7 Å². The van der Waals surface area contributed by atoms with E-state index in [0.29, 0.717) is 6.07 Å². The van der Waals surface area contributed by atoms with Crippen molar-refractivity contribution in [2.24, 2.45) is 5.14 Å². The minimum absolute atomic E-state index is 0.00874. The summed E-state index contributed by atoms with van der Waals surface area (Å²) in [5.74, 6) is 3.94. The molecule has 2 aromatic heterocycles. The Morgan fingerprint density at radius 3 is 2.23 bits per heavy atom. The smallest absolute Gasteiger partial charge is 0.228 e. The van der Waals surface area contributed by atoms with Crippen molar-refractivity contribution < 1.29 is 34.8 Å². The maximum Gasteiger partial charge on any atom is 0.416 e. The van der Waals surface area contributed by atoms with Crippen LogP contribution in [0.3, 0.4) is 0 Å². The summed E-state index contributed by atoms with van der Waals surface area (Å²) in [5.41, 5.74) is -1.63. The van der Waals surface area contributed by atoms with Crippen LogP contribution in [0.25, 0.3) is 16.9 Å². The van der Waals surface area contributed by atoms with Gasteiger partial charge in [0.25, 0.3) is 6.43 Å². The monoisotopic (exact) mass is 510 g/mol. The molecule has 0 bridgehead atoms. The van der Waals surface area contributed by atoms with Crippen LogP contribution >= 0.6 is 0 Å². The Bertz CT molecular complexity index is 1600.